The fourth-order valence-electron chi connectivity index (χ4n) is 7.33. The number of anilines is 4. The number of imidazole rings is 1. The Morgan fingerprint density at radius 3 is 2.22 bits per heavy atom. The van der Waals surface area contributed by atoms with E-state index in [2.05, 4.69) is 30.1 Å². The Bertz CT molecular complexity index is 2790. The van der Waals surface area contributed by atoms with Crippen LogP contribution in [-0.2, 0) is 20.7 Å². The van der Waals surface area contributed by atoms with Gasteiger partial charge in [0.2, 0.25) is 0 Å². The molecule has 0 spiro atoms. The minimum absolute atomic E-state index is 0.0745. The van der Waals surface area contributed by atoms with Crippen LogP contribution in [-0.4, -0.2) is 107 Å². The van der Waals surface area contributed by atoms with Gasteiger partial charge in [0.15, 0.2) is 16.4 Å². The first-order valence-electron chi connectivity index (χ1n) is 20.6. The number of piperazine rings is 1. The fraction of sp³-hybridized carbons (Fsp3) is 0.244. The Kier molecular flexibility index (Phi) is 15.3. The van der Waals surface area contributed by atoms with E-state index in [1.54, 1.807) is 52.7 Å². The summed E-state index contributed by atoms with van der Waals surface area (Å²) in [5, 5.41) is 18.6. The van der Waals surface area contributed by atoms with E-state index in [1.165, 1.54) is 18.5 Å². The zero-order valence-electron chi connectivity index (χ0n) is 35.5. The van der Waals surface area contributed by atoms with Crippen molar-refractivity contribution in [3.63, 3.8) is 0 Å². The molecule has 1 aliphatic rings. The van der Waals surface area contributed by atoms with Gasteiger partial charge in [-0.05, 0) is 112 Å². The molecule has 1 aliphatic heterocycles. The number of carbonyl (C=O) groups excluding carboxylic acids is 1. The lowest BCUT2D eigenvalue weighted by atomic mass is 10.1. The van der Waals surface area contributed by atoms with E-state index in [9.17, 15) is 31.7 Å². The molecule has 0 radical (unpaired) electrons. The molecule has 1 atom stereocenters. The summed E-state index contributed by atoms with van der Waals surface area (Å²) in [7, 11) is -3.09. The summed E-state index contributed by atoms with van der Waals surface area (Å²) in [5.41, 5.74) is 4.01. The Hall–Kier alpha value is -6.12. The highest BCUT2D eigenvalue weighted by atomic mass is 35.5. The quantitative estimate of drug-likeness (QED) is 0.0280. The number of halogens is 1. The number of hydrogen-bond acceptors (Lipinski definition) is 13. The lowest BCUT2D eigenvalue weighted by molar-refractivity contribution is -0.384. The standard InChI is InChI=1S/C45H48ClN9O7S3/c1-51(2)22-21-35(29-63-39-9-4-3-5-10-39)49-41-20-19-40(28-42(41)55(57)58)65(61,62)50-34-13-17-36(18-14-34)52-23-25-53(26-24-52)38-8-6-7-32(27-38)44-43(45(56)48-31-64(59)60)47-30-54(44)37-15-11-33(46)12-16-37/h3-20,27-28,30,35,49-50,64H,21-26,29,31H2,1-2H3,(H,48,56)/t35-/m1/s1. The number of rotatable bonds is 19. The van der Waals surface area contributed by atoms with Gasteiger partial charge in [-0.1, -0.05) is 41.9 Å². The summed E-state index contributed by atoms with van der Waals surface area (Å²) in [6.07, 6.45) is 2.23. The number of nitro groups is 1. The number of thiol groups is 1. The van der Waals surface area contributed by atoms with Gasteiger partial charge in [-0.3, -0.25) is 24.2 Å². The van der Waals surface area contributed by atoms with Crippen molar-refractivity contribution < 1.29 is 26.6 Å². The van der Waals surface area contributed by atoms with Crippen molar-refractivity contribution in [3.05, 3.63) is 148 Å². The average molecular weight is 959 g/mol. The molecule has 5 aromatic carbocycles. The first kappa shape index (κ1) is 46.9. The average Bonchev–Trinajstić information content (AvgIpc) is 3.75. The number of hydrogen-bond donors (Lipinski definition) is 4. The van der Waals surface area contributed by atoms with Gasteiger partial charge < -0.3 is 25.3 Å². The molecule has 0 saturated carbocycles. The summed E-state index contributed by atoms with van der Waals surface area (Å²) in [5.74, 6) is -0.485. The highest BCUT2D eigenvalue weighted by molar-refractivity contribution is 7.99. The zero-order chi connectivity index (χ0) is 46.1. The van der Waals surface area contributed by atoms with Crippen LogP contribution in [0.1, 0.15) is 16.9 Å². The van der Waals surface area contributed by atoms with Crippen LogP contribution in [0, 0.1) is 10.1 Å². The molecule has 65 heavy (non-hydrogen) atoms. The number of aromatic nitrogens is 2. The van der Waals surface area contributed by atoms with Crippen LogP contribution in [0.3, 0.4) is 0 Å². The molecule has 0 unspecified atom stereocenters. The molecule has 2 heterocycles. The third-order valence-electron chi connectivity index (χ3n) is 10.7. The van der Waals surface area contributed by atoms with Crippen molar-refractivity contribution in [2.24, 2.45) is 0 Å². The summed E-state index contributed by atoms with van der Waals surface area (Å²) < 4.78 is 54.0. The van der Waals surface area contributed by atoms with Crippen molar-refractivity contribution >= 4 is 78.4 Å². The number of thioether (sulfide) groups is 1. The van der Waals surface area contributed by atoms with Gasteiger partial charge >= 0.3 is 0 Å². The van der Waals surface area contributed by atoms with Gasteiger partial charge in [0, 0.05) is 82.3 Å². The third kappa shape index (κ3) is 12.2. The molecule has 3 N–H and O–H groups in total. The predicted octanol–water partition coefficient (Wildman–Crippen LogP) is 7.05. The Labute approximate surface area is 388 Å². The number of benzene rings is 5. The first-order chi connectivity index (χ1) is 31.2. The summed E-state index contributed by atoms with van der Waals surface area (Å²) in [6.45, 7) is 3.38. The molecular formula is C45H48ClN9O7S3. The van der Waals surface area contributed by atoms with E-state index in [-0.39, 0.29) is 28.0 Å². The lowest BCUT2D eigenvalue weighted by Gasteiger charge is -2.37. The maximum Gasteiger partial charge on any atom is 0.293 e. The van der Waals surface area contributed by atoms with Crippen LogP contribution >= 0.6 is 23.4 Å². The molecular weight excluding hydrogens is 910 g/mol. The number of nitro benzene ring substituents is 1. The molecule has 1 fully saturated rings. The fourth-order valence-corrected chi connectivity index (χ4v) is 9.80. The van der Waals surface area contributed by atoms with E-state index in [4.69, 9.17) is 11.6 Å². The molecule has 7 rings (SSSR count). The monoisotopic (exact) mass is 957 g/mol. The van der Waals surface area contributed by atoms with Gasteiger partial charge in [0.25, 0.3) is 21.6 Å². The van der Waals surface area contributed by atoms with E-state index >= 15 is 0 Å². The van der Waals surface area contributed by atoms with Crippen molar-refractivity contribution in [1.82, 2.24) is 19.8 Å². The number of sulfonamides is 1. The number of carbonyl (C=O) groups is 1. The van der Waals surface area contributed by atoms with Gasteiger partial charge in [-0.2, -0.15) is 0 Å². The molecule has 20 heteroatoms. The normalized spacial score (nSPS) is 13.5. The first-order valence-corrected chi connectivity index (χ1v) is 24.8. The maximum atomic E-state index is 13.6. The SMILES string of the molecule is CN(C)CC[C@H](CSc1ccccc1)Nc1ccc(S(=O)(=O)Nc2ccc(N3CCN(c4cccc(-c5c(C(=O)NC[SH](=O)=O)ncn5-c5ccc(Cl)cc5)c4)CC3)cc2)cc1[N+](=O)[O-]. The Balaban J connectivity index is 1.00. The molecule has 16 nitrogen and oxygen atoms in total. The van der Waals surface area contributed by atoms with Crippen molar-refractivity contribution in [3.8, 4) is 16.9 Å². The second-order valence-corrected chi connectivity index (χ2v) is 19.6. The molecule has 1 aromatic heterocycles. The van der Waals surface area contributed by atoms with Crippen LogP contribution in [0.2, 0.25) is 5.02 Å². The molecule has 6 aromatic rings. The molecule has 0 bridgehead atoms. The predicted molar refractivity (Wildman–Crippen MR) is 259 cm³/mol. The highest BCUT2D eigenvalue weighted by Crippen LogP contribution is 2.33. The number of nitrogens with one attached hydrogen (secondary N) is 3. The van der Waals surface area contributed by atoms with E-state index in [1.807, 2.05) is 85.7 Å². The van der Waals surface area contributed by atoms with Crippen LogP contribution in [0.15, 0.2) is 137 Å². The Morgan fingerprint density at radius 2 is 1.55 bits per heavy atom. The summed E-state index contributed by atoms with van der Waals surface area (Å²) in [4.78, 5) is 36.6. The number of nitrogens with zero attached hydrogens (tertiary/aromatic N) is 6. The summed E-state index contributed by atoms with van der Waals surface area (Å²) in [6, 6.07) is 35.5. The third-order valence-corrected chi connectivity index (χ3v) is 13.9. The van der Waals surface area contributed by atoms with Gasteiger partial charge in [0.1, 0.15) is 17.9 Å². The van der Waals surface area contributed by atoms with E-state index < -0.39 is 37.4 Å². The smallest absolute Gasteiger partial charge is 0.293 e. The van der Waals surface area contributed by atoms with Crippen LogP contribution in [0.25, 0.3) is 16.9 Å². The largest absolute Gasteiger partial charge is 0.376 e. The lowest BCUT2D eigenvalue weighted by Crippen LogP contribution is -2.46. The second-order valence-electron chi connectivity index (χ2n) is 15.5. The van der Waals surface area contributed by atoms with E-state index in [0.717, 1.165) is 28.9 Å². The van der Waals surface area contributed by atoms with E-state index in [0.29, 0.717) is 66.0 Å². The van der Waals surface area contributed by atoms with Crippen molar-refractivity contribution in [1.29, 1.82) is 0 Å². The molecule has 340 valence electrons. The maximum absolute atomic E-state index is 13.6. The van der Waals surface area contributed by atoms with Crippen LogP contribution < -0.4 is 25.2 Å². The minimum atomic E-state index is -4.18. The highest BCUT2D eigenvalue weighted by Gasteiger charge is 2.26. The minimum Gasteiger partial charge on any atom is -0.376 e. The molecule has 1 saturated heterocycles. The van der Waals surface area contributed by atoms with Gasteiger partial charge in [-0.25, -0.2) is 21.8 Å². The van der Waals surface area contributed by atoms with Crippen LogP contribution in [0.4, 0.5) is 28.4 Å². The Morgan fingerprint density at radius 1 is 0.877 bits per heavy atom. The number of amides is 1. The molecule has 0 aliphatic carbocycles. The van der Waals surface area contributed by atoms with Gasteiger partial charge in [0.05, 0.1) is 15.5 Å². The summed E-state index contributed by atoms with van der Waals surface area (Å²) >= 11 is 7.79. The van der Waals surface area contributed by atoms with Crippen molar-refractivity contribution in [2.75, 3.05) is 78.3 Å². The van der Waals surface area contributed by atoms with Crippen molar-refractivity contribution in [2.45, 2.75) is 22.3 Å². The topological polar surface area (TPSA) is 192 Å². The molecule has 1 amide bonds. The second kappa shape index (κ2) is 21.2. The van der Waals surface area contributed by atoms with Gasteiger partial charge in [-0.15, -0.1) is 11.8 Å². The zero-order valence-corrected chi connectivity index (χ0v) is 38.8. The van der Waals surface area contributed by atoms with Crippen LogP contribution in [0.5, 0.6) is 0 Å².